The molecule has 1 aromatic heterocycles. The Balaban J connectivity index is 2.37. The molecule has 0 bridgehead atoms. The van der Waals surface area contributed by atoms with Crippen LogP contribution in [0.1, 0.15) is 0 Å². The van der Waals surface area contributed by atoms with Crippen molar-refractivity contribution in [3.8, 4) is 11.3 Å². The Hall–Kier alpha value is -1.68. The Labute approximate surface area is 82.4 Å². The van der Waals surface area contributed by atoms with Gasteiger partial charge >= 0.3 is 0 Å². The van der Waals surface area contributed by atoms with E-state index in [-0.39, 0.29) is 0 Å². The molecule has 0 atom stereocenters. The first-order valence-corrected chi connectivity index (χ1v) is 4.56. The summed E-state index contributed by atoms with van der Waals surface area (Å²) >= 11 is 0. The van der Waals surface area contributed by atoms with Gasteiger partial charge in [-0.2, -0.15) is 0 Å². The molecular formula is C10H12N4. The molecule has 2 aromatic rings. The van der Waals surface area contributed by atoms with Gasteiger partial charge in [0.25, 0.3) is 0 Å². The normalized spacial score (nSPS) is 10.4. The van der Waals surface area contributed by atoms with Gasteiger partial charge in [-0.25, -0.2) is 4.68 Å². The first kappa shape index (κ1) is 8.90. The number of hydrogen-bond acceptors (Lipinski definition) is 3. The Morgan fingerprint density at radius 3 is 2.71 bits per heavy atom. The second kappa shape index (κ2) is 4.02. The molecule has 0 aliphatic heterocycles. The summed E-state index contributed by atoms with van der Waals surface area (Å²) in [6.07, 6.45) is 1.75. The molecule has 1 aromatic carbocycles. The molecule has 0 amide bonds. The number of nitrogens with two attached hydrogens (primary N) is 1. The quantitative estimate of drug-likeness (QED) is 0.778. The summed E-state index contributed by atoms with van der Waals surface area (Å²) < 4.78 is 1.81. The maximum Gasteiger partial charge on any atom is 0.0886 e. The van der Waals surface area contributed by atoms with Crippen molar-refractivity contribution in [3.05, 3.63) is 36.5 Å². The second-order valence-corrected chi connectivity index (χ2v) is 3.00. The molecule has 0 spiro atoms. The number of nitrogens with zero attached hydrogens (tertiary/aromatic N) is 3. The molecule has 0 aliphatic carbocycles. The summed E-state index contributed by atoms with van der Waals surface area (Å²) in [6.45, 7) is 1.27. The number of hydrogen-bond donors (Lipinski definition) is 1. The van der Waals surface area contributed by atoms with E-state index in [1.807, 2.05) is 35.0 Å². The highest BCUT2D eigenvalue weighted by Crippen LogP contribution is 2.16. The van der Waals surface area contributed by atoms with Gasteiger partial charge in [0.05, 0.1) is 18.4 Å². The first-order chi connectivity index (χ1) is 6.92. The fourth-order valence-electron chi connectivity index (χ4n) is 1.38. The first-order valence-electron chi connectivity index (χ1n) is 4.56. The smallest absolute Gasteiger partial charge is 0.0886 e. The Bertz CT molecular complexity index is 394. The van der Waals surface area contributed by atoms with Crippen LogP contribution in [-0.2, 0) is 6.54 Å². The third-order valence-corrected chi connectivity index (χ3v) is 2.03. The van der Waals surface area contributed by atoms with Gasteiger partial charge in [0.1, 0.15) is 0 Å². The molecule has 0 saturated carbocycles. The van der Waals surface area contributed by atoms with E-state index in [1.165, 1.54) is 0 Å². The zero-order valence-electron chi connectivity index (χ0n) is 7.80. The fourth-order valence-corrected chi connectivity index (χ4v) is 1.38. The molecular weight excluding hydrogens is 176 g/mol. The monoisotopic (exact) mass is 188 g/mol. The lowest BCUT2D eigenvalue weighted by Crippen LogP contribution is -2.12. The lowest BCUT2D eigenvalue weighted by Gasteiger charge is -2.03. The summed E-state index contributed by atoms with van der Waals surface area (Å²) in [6, 6.07) is 10.0. The van der Waals surface area contributed by atoms with Crippen molar-refractivity contribution in [3.63, 3.8) is 0 Å². The molecule has 0 fully saturated rings. The molecule has 2 N–H and O–H groups in total. The molecule has 2 rings (SSSR count). The predicted molar refractivity (Wildman–Crippen MR) is 54.5 cm³/mol. The molecule has 1 heterocycles. The molecule has 4 heteroatoms. The number of aromatic nitrogens is 3. The third-order valence-electron chi connectivity index (χ3n) is 2.03. The van der Waals surface area contributed by atoms with Gasteiger partial charge in [-0.3, -0.25) is 0 Å². The fraction of sp³-hybridized carbons (Fsp3) is 0.200. The van der Waals surface area contributed by atoms with Crippen LogP contribution in [-0.4, -0.2) is 21.5 Å². The van der Waals surface area contributed by atoms with E-state index >= 15 is 0 Å². The zero-order valence-corrected chi connectivity index (χ0v) is 7.80. The minimum atomic E-state index is 0.573. The molecule has 0 radical (unpaired) electrons. The third kappa shape index (κ3) is 1.65. The van der Waals surface area contributed by atoms with Crippen LogP contribution in [0.4, 0.5) is 0 Å². The standard InChI is InChI=1S/C10H12N4/c11-6-7-14-10(8-12-13-14)9-4-2-1-3-5-9/h1-5,8H,6-7,11H2. The van der Waals surface area contributed by atoms with Gasteiger partial charge in [0.15, 0.2) is 0 Å². The highest BCUT2D eigenvalue weighted by Gasteiger charge is 2.04. The summed E-state index contributed by atoms with van der Waals surface area (Å²) in [4.78, 5) is 0. The van der Waals surface area contributed by atoms with Crippen molar-refractivity contribution in [1.82, 2.24) is 15.0 Å². The van der Waals surface area contributed by atoms with Crippen LogP contribution >= 0.6 is 0 Å². The molecule has 0 aliphatic rings. The van der Waals surface area contributed by atoms with Gasteiger partial charge in [-0.1, -0.05) is 35.5 Å². The summed E-state index contributed by atoms with van der Waals surface area (Å²) in [5.74, 6) is 0. The minimum Gasteiger partial charge on any atom is -0.329 e. The van der Waals surface area contributed by atoms with Gasteiger partial charge in [0.2, 0.25) is 0 Å². The maximum absolute atomic E-state index is 5.48. The van der Waals surface area contributed by atoms with Crippen LogP contribution in [0.3, 0.4) is 0 Å². The van der Waals surface area contributed by atoms with Crippen LogP contribution in [0.15, 0.2) is 36.5 Å². The Morgan fingerprint density at radius 2 is 2.00 bits per heavy atom. The van der Waals surface area contributed by atoms with Gasteiger partial charge < -0.3 is 5.73 Å². The largest absolute Gasteiger partial charge is 0.329 e. The second-order valence-electron chi connectivity index (χ2n) is 3.00. The van der Waals surface area contributed by atoms with Crippen molar-refractivity contribution < 1.29 is 0 Å². The van der Waals surface area contributed by atoms with E-state index in [1.54, 1.807) is 6.20 Å². The lowest BCUT2D eigenvalue weighted by molar-refractivity contribution is 0.604. The number of benzene rings is 1. The highest BCUT2D eigenvalue weighted by atomic mass is 15.4. The lowest BCUT2D eigenvalue weighted by atomic mass is 10.2. The van der Waals surface area contributed by atoms with Crippen LogP contribution in [0.2, 0.25) is 0 Å². The minimum absolute atomic E-state index is 0.573. The molecule has 14 heavy (non-hydrogen) atoms. The van der Waals surface area contributed by atoms with Crippen LogP contribution in [0.5, 0.6) is 0 Å². The SMILES string of the molecule is NCCn1nncc1-c1ccccc1. The van der Waals surface area contributed by atoms with Crippen LogP contribution in [0, 0.1) is 0 Å². The Morgan fingerprint density at radius 1 is 1.21 bits per heavy atom. The van der Waals surface area contributed by atoms with Gasteiger partial charge in [-0.15, -0.1) is 5.10 Å². The van der Waals surface area contributed by atoms with Gasteiger partial charge in [-0.05, 0) is 0 Å². The molecule has 4 nitrogen and oxygen atoms in total. The van der Waals surface area contributed by atoms with E-state index in [4.69, 9.17) is 5.73 Å². The van der Waals surface area contributed by atoms with Crippen molar-refractivity contribution in [2.45, 2.75) is 6.54 Å². The Kier molecular flexibility index (Phi) is 2.55. The van der Waals surface area contributed by atoms with Crippen molar-refractivity contribution in [2.75, 3.05) is 6.54 Å². The predicted octanol–water partition coefficient (Wildman–Crippen LogP) is 0.904. The van der Waals surface area contributed by atoms with Gasteiger partial charge in [0, 0.05) is 12.1 Å². The summed E-state index contributed by atoms with van der Waals surface area (Å²) in [5, 5.41) is 7.84. The zero-order chi connectivity index (χ0) is 9.80. The summed E-state index contributed by atoms with van der Waals surface area (Å²) in [5.41, 5.74) is 7.60. The highest BCUT2D eigenvalue weighted by molar-refractivity contribution is 5.57. The average Bonchev–Trinajstić information content (AvgIpc) is 2.68. The average molecular weight is 188 g/mol. The van der Waals surface area contributed by atoms with E-state index in [9.17, 15) is 0 Å². The van der Waals surface area contributed by atoms with E-state index in [0.29, 0.717) is 13.1 Å². The molecule has 0 unspecified atom stereocenters. The van der Waals surface area contributed by atoms with Crippen molar-refractivity contribution >= 4 is 0 Å². The molecule has 72 valence electrons. The van der Waals surface area contributed by atoms with Crippen LogP contribution in [0.25, 0.3) is 11.3 Å². The van der Waals surface area contributed by atoms with Crippen molar-refractivity contribution in [2.24, 2.45) is 5.73 Å². The van der Waals surface area contributed by atoms with Crippen LogP contribution < -0.4 is 5.73 Å². The van der Waals surface area contributed by atoms with E-state index in [0.717, 1.165) is 11.3 Å². The molecule has 0 saturated heterocycles. The van der Waals surface area contributed by atoms with Crippen molar-refractivity contribution in [1.29, 1.82) is 0 Å². The van der Waals surface area contributed by atoms with E-state index in [2.05, 4.69) is 10.3 Å². The number of rotatable bonds is 3. The topological polar surface area (TPSA) is 56.7 Å². The van der Waals surface area contributed by atoms with E-state index < -0.39 is 0 Å². The maximum atomic E-state index is 5.48. The summed E-state index contributed by atoms with van der Waals surface area (Å²) in [7, 11) is 0.